The molecule has 0 radical (unpaired) electrons. The van der Waals surface area contributed by atoms with Crippen LogP contribution in [0.15, 0.2) is 42.5 Å². The van der Waals surface area contributed by atoms with E-state index in [1.165, 1.54) is 18.2 Å². The van der Waals surface area contributed by atoms with Crippen LogP contribution in [-0.4, -0.2) is 11.1 Å². The number of amides is 2. The molecule has 0 aliphatic rings. The van der Waals surface area contributed by atoms with Crippen LogP contribution in [0.5, 0.6) is 5.75 Å². The second-order valence-electron chi connectivity index (χ2n) is 4.10. The Morgan fingerprint density at radius 1 is 1.10 bits per heavy atom. The molecule has 0 heterocycles. The number of rotatable bonds is 3. The summed E-state index contributed by atoms with van der Waals surface area (Å²) in [4.78, 5) is 11.7. The Bertz CT molecular complexity index is 632. The van der Waals surface area contributed by atoms with E-state index < -0.39 is 6.03 Å². The van der Waals surface area contributed by atoms with Crippen molar-refractivity contribution in [2.75, 3.05) is 5.32 Å². The summed E-state index contributed by atoms with van der Waals surface area (Å²) in [5, 5.41) is 15.8. The van der Waals surface area contributed by atoms with Crippen LogP contribution in [-0.2, 0) is 6.54 Å². The largest absolute Gasteiger partial charge is 0.506 e. The van der Waals surface area contributed by atoms with E-state index in [0.717, 1.165) is 5.56 Å². The van der Waals surface area contributed by atoms with Crippen molar-refractivity contribution in [2.24, 2.45) is 0 Å². The molecule has 2 aromatic carbocycles. The number of urea groups is 1. The van der Waals surface area contributed by atoms with Crippen molar-refractivity contribution in [1.29, 1.82) is 0 Å². The maximum atomic E-state index is 11.7. The Kier molecular flexibility index (Phi) is 4.71. The summed E-state index contributed by atoms with van der Waals surface area (Å²) in [5.74, 6) is -0.0488. The zero-order valence-electron chi connectivity index (χ0n) is 10.4. The summed E-state index contributed by atoms with van der Waals surface area (Å²) in [5.41, 5.74) is 1.13. The number of benzene rings is 2. The van der Waals surface area contributed by atoms with Gasteiger partial charge in [0, 0.05) is 16.6 Å². The Balaban J connectivity index is 1.94. The molecule has 20 heavy (non-hydrogen) atoms. The first-order valence-corrected chi connectivity index (χ1v) is 6.58. The van der Waals surface area contributed by atoms with Crippen LogP contribution in [0.4, 0.5) is 10.5 Å². The predicted molar refractivity (Wildman–Crippen MR) is 80.4 cm³/mol. The second-order valence-corrected chi connectivity index (χ2v) is 4.97. The van der Waals surface area contributed by atoms with Crippen molar-refractivity contribution in [2.45, 2.75) is 6.54 Å². The van der Waals surface area contributed by atoms with E-state index in [4.69, 9.17) is 23.2 Å². The third-order valence-corrected chi connectivity index (χ3v) is 3.02. The minimum absolute atomic E-state index is 0.0488. The molecule has 4 nitrogen and oxygen atoms in total. The maximum Gasteiger partial charge on any atom is 0.319 e. The van der Waals surface area contributed by atoms with Gasteiger partial charge in [-0.3, -0.25) is 0 Å². The Hall–Kier alpha value is -1.91. The number of anilines is 1. The lowest BCUT2D eigenvalue weighted by molar-refractivity contribution is 0.251. The first-order chi connectivity index (χ1) is 9.54. The molecule has 0 unspecified atom stereocenters. The van der Waals surface area contributed by atoms with E-state index in [0.29, 0.717) is 16.6 Å². The Morgan fingerprint density at radius 2 is 1.85 bits per heavy atom. The molecule has 0 aliphatic carbocycles. The van der Waals surface area contributed by atoms with Gasteiger partial charge in [0.25, 0.3) is 0 Å². The smallest absolute Gasteiger partial charge is 0.319 e. The molecule has 0 spiro atoms. The van der Waals surface area contributed by atoms with Crippen LogP contribution in [0.25, 0.3) is 0 Å². The van der Waals surface area contributed by atoms with Crippen molar-refractivity contribution in [3.05, 3.63) is 58.1 Å². The van der Waals surface area contributed by atoms with Gasteiger partial charge in [0.15, 0.2) is 0 Å². The zero-order chi connectivity index (χ0) is 14.5. The number of phenolic OH excluding ortho intramolecular Hbond substituents is 1. The van der Waals surface area contributed by atoms with Crippen LogP contribution in [0.2, 0.25) is 10.0 Å². The fourth-order valence-electron chi connectivity index (χ4n) is 1.60. The van der Waals surface area contributed by atoms with Crippen molar-refractivity contribution in [1.82, 2.24) is 5.32 Å². The minimum Gasteiger partial charge on any atom is -0.506 e. The lowest BCUT2D eigenvalue weighted by atomic mass is 10.2. The topological polar surface area (TPSA) is 61.4 Å². The Labute approximate surface area is 126 Å². The van der Waals surface area contributed by atoms with Crippen molar-refractivity contribution in [3.8, 4) is 5.75 Å². The number of aromatic hydroxyl groups is 1. The highest BCUT2D eigenvalue weighted by atomic mass is 35.5. The maximum absolute atomic E-state index is 11.7. The van der Waals surface area contributed by atoms with Crippen LogP contribution in [0.3, 0.4) is 0 Å². The summed E-state index contributed by atoms with van der Waals surface area (Å²) in [6.07, 6.45) is 0. The lowest BCUT2D eigenvalue weighted by Gasteiger charge is -2.09. The molecular formula is C14H12Cl2N2O2. The highest BCUT2D eigenvalue weighted by Crippen LogP contribution is 2.26. The average Bonchev–Trinajstić information content (AvgIpc) is 2.41. The van der Waals surface area contributed by atoms with Gasteiger partial charge in [0.05, 0.1) is 5.69 Å². The fraction of sp³-hybridized carbons (Fsp3) is 0.0714. The highest BCUT2D eigenvalue weighted by Gasteiger charge is 2.06. The van der Waals surface area contributed by atoms with E-state index in [2.05, 4.69) is 10.6 Å². The van der Waals surface area contributed by atoms with Gasteiger partial charge in [-0.15, -0.1) is 0 Å². The zero-order valence-corrected chi connectivity index (χ0v) is 11.9. The van der Waals surface area contributed by atoms with Gasteiger partial charge in [0.1, 0.15) is 5.75 Å². The number of carbonyl (C=O) groups is 1. The normalized spacial score (nSPS) is 10.1. The van der Waals surface area contributed by atoms with Gasteiger partial charge in [-0.2, -0.15) is 0 Å². The lowest BCUT2D eigenvalue weighted by Crippen LogP contribution is -2.28. The number of halogens is 2. The third kappa shape index (κ3) is 4.05. The molecular weight excluding hydrogens is 299 g/mol. The number of hydrogen-bond acceptors (Lipinski definition) is 2. The van der Waals surface area contributed by atoms with Crippen molar-refractivity contribution >= 4 is 34.9 Å². The van der Waals surface area contributed by atoms with E-state index in [-0.39, 0.29) is 11.4 Å². The Morgan fingerprint density at radius 3 is 2.60 bits per heavy atom. The van der Waals surface area contributed by atoms with Gasteiger partial charge in [0.2, 0.25) is 0 Å². The third-order valence-electron chi connectivity index (χ3n) is 2.55. The summed E-state index contributed by atoms with van der Waals surface area (Å²) >= 11 is 11.6. The molecule has 0 saturated heterocycles. The van der Waals surface area contributed by atoms with Gasteiger partial charge in [-0.05, 0) is 35.9 Å². The highest BCUT2D eigenvalue weighted by molar-refractivity contribution is 6.31. The van der Waals surface area contributed by atoms with Crippen LogP contribution in [0, 0.1) is 0 Å². The molecule has 0 saturated carbocycles. The van der Waals surface area contributed by atoms with E-state index in [1.54, 1.807) is 18.2 Å². The van der Waals surface area contributed by atoms with Gasteiger partial charge in [-0.1, -0.05) is 35.3 Å². The molecule has 2 amide bonds. The molecule has 104 valence electrons. The number of hydrogen-bond donors (Lipinski definition) is 3. The first-order valence-electron chi connectivity index (χ1n) is 5.82. The van der Waals surface area contributed by atoms with E-state index >= 15 is 0 Å². The standard InChI is InChI=1S/C14H12Cl2N2O2/c15-10-3-1-2-9(6-10)8-17-14(20)18-12-7-11(16)4-5-13(12)19/h1-7,19H,8H2,(H2,17,18,20). The molecule has 0 aliphatic heterocycles. The van der Waals surface area contributed by atoms with Gasteiger partial charge in [-0.25, -0.2) is 4.79 Å². The number of phenols is 1. The van der Waals surface area contributed by atoms with Crippen LogP contribution < -0.4 is 10.6 Å². The number of nitrogens with one attached hydrogen (secondary N) is 2. The van der Waals surface area contributed by atoms with Crippen molar-refractivity contribution < 1.29 is 9.90 Å². The number of carbonyl (C=O) groups excluding carboxylic acids is 1. The molecule has 0 aromatic heterocycles. The van der Waals surface area contributed by atoms with Crippen LogP contribution in [0.1, 0.15) is 5.56 Å². The monoisotopic (exact) mass is 310 g/mol. The second kappa shape index (κ2) is 6.50. The molecule has 2 rings (SSSR count). The summed E-state index contributed by atoms with van der Waals surface area (Å²) in [6, 6.07) is 11.1. The minimum atomic E-state index is -0.442. The molecule has 6 heteroatoms. The van der Waals surface area contributed by atoms with E-state index in [9.17, 15) is 9.90 Å². The van der Waals surface area contributed by atoms with Gasteiger partial charge >= 0.3 is 6.03 Å². The summed E-state index contributed by atoms with van der Waals surface area (Å²) in [6.45, 7) is 0.327. The van der Waals surface area contributed by atoms with E-state index in [1.807, 2.05) is 6.07 Å². The predicted octanol–water partition coefficient (Wildman–Crippen LogP) is 4.02. The fourth-order valence-corrected chi connectivity index (χ4v) is 1.99. The quantitative estimate of drug-likeness (QED) is 0.750. The molecule has 0 bridgehead atoms. The molecule has 0 fully saturated rings. The average molecular weight is 311 g/mol. The summed E-state index contributed by atoms with van der Waals surface area (Å²) in [7, 11) is 0. The summed E-state index contributed by atoms with van der Waals surface area (Å²) < 4.78 is 0. The molecule has 3 N–H and O–H groups in total. The van der Waals surface area contributed by atoms with Crippen molar-refractivity contribution in [3.63, 3.8) is 0 Å². The SMILES string of the molecule is O=C(NCc1cccc(Cl)c1)Nc1cc(Cl)ccc1O. The van der Waals surface area contributed by atoms with Gasteiger partial charge < -0.3 is 15.7 Å². The molecule has 2 aromatic rings. The first kappa shape index (κ1) is 14.5. The van der Waals surface area contributed by atoms with Crippen LogP contribution >= 0.6 is 23.2 Å². The molecule has 0 atom stereocenters.